The number of thiazole rings is 1. The number of benzene rings is 1. The summed E-state index contributed by atoms with van der Waals surface area (Å²) in [5, 5.41) is 6.81. The number of hydrogen-bond acceptors (Lipinski definition) is 3. The normalized spacial score (nSPS) is 16.6. The fraction of sp³-hybridized carbons (Fsp3) is 0.400. The van der Waals surface area contributed by atoms with E-state index in [9.17, 15) is 0 Å². The summed E-state index contributed by atoms with van der Waals surface area (Å²) >= 11 is 1.70. The summed E-state index contributed by atoms with van der Waals surface area (Å²) in [5.41, 5.74) is 3.49. The molecule has 0 saturated heterocycles. The molecule has 1 N–H and O–H groups in total. The maximum Gasteiger partial charge on any atom is 0.0901 e. The quantitative estimate of drug-likeness (QED) is 0.883. The molecular formula is C15H18N2S. The molecule has 1 aliphatic carbocycles. The molecule has 3 rings (SSSR count). The Labute approximate surface area is 112 Å². The van der Waals surface area contributed by atoms with Crippen molar-refractivity contribution in [2.75, 3.05) is 5.32 Å². The van der Waals surface area contributed by atoms with Crippen molar-refractivity contribution in [1.82, 2.24) is 4.98 Å². The second-order valence-corrected chi connectivity index (χ2v) is 6.16. The molecule has 1 unspecified atom stereocenters. The third-order valence-corrected chi connectivity index (χ3v) is 4.30. The van der Waals surface area contributed by atoms with Gasteiger partial charge in [-0.05, 0) is 44.7 Å². The topological polar surface area (TPSA) is 24.9 Å². The van der Waals surface area contributed by atoms with Gasteiger partial charge in [0.05, 0.1) is 10.7 Å². The van der Waals surface area contributed by atoms with E-state index < -0.39 is 0 Å². The number of hydrogen-bond donors (Lipinski definition) is 1. The van der Waals surface area contributed by atoms with E-state index in [4.69, 9.17) is 0 Å². The molecular weight excluding hydrogens is 240 g/mol. The number of aromatic nitrogens is 1. The van der Waals surface area contributed by atoms with Crippen LogP contribution >= 0.6 is 11.3 Å². The van der Waals surface area contributed by atoms with Crippen molar-refractivity contribution in [1.29, 1.82) is 0 Å². The lowest BCUT2D eigenvalue weighted by Crippen LogP contribution is -2.16. The molecule has 0 amide bonds. The van der Waals surface area contributed by atoms with Gasteiger partial charge in [-0.2, -0.15) is 0 Å². The summed E-state index contributed by atoms with van der Waals surface area (Å²) in [5.74, 6) is 0.880. The van der Waals surface area contributed by atoms with Gasteiger partial charge < -0.3 is 5.32 Å². The summed E-state index contributed by atoms with van der Waals surface area (Å²) in [6.45, 7) is 4.32. The number of rotatable bonds is 4. The van der Waals surface area contributed by atoms with Gasteiger partial charge in [-0.3, -0.25) is 0 Å². The molecule has 0 bridgehead atoms. The third-order valence-electron chi connectivity index (χ3n) is 3.52. The Morgan fingerprint density at radius 2 is 2.00 bits per heavy atom. The smallest absolute Gasteiger partial charge is 0.0901 e. The van der Waals surface area contributed by atoms with Gasteiger partial charge in [-0.25, -0.2) is 4.98 Å². The lowest BCUT2D eigenvalue weighted by atomic mass is 10.1. The number of nitrogens with zero attached hydrogens (tertiary/aromatic N) is 1. The van der Waals surface area contributed by atoms with Crippen LogP contribution in [0.1, 0.15) is 24.8 Å². The molecule has 1 aromatic carbocycles. The lowest BCUT2D eigenvalue weighted by Gasteiger charge is -2.14. The Balaban J connectivity index is 1.72. The van der Waals surface area contributed by atoms with Crippen LogP contribution in [0.25, 0.3) is 11.3 Å². The van der Waals surface area contributed by atoms with Crippen molar-refractivity contribution in [3.8, 4) is 11.3 Å². The monoisotopic (exact) mass is 258 g/mol. The minimum Gasteiger partial charge on any atom is -0.382 e. The average Bonchev–Trinajstić information content (AvgIpc) is 3.13. The van der Waals surface area contributed by atoms with E-state index in [1.165, 1.54) is 24.1 Å². The van der Waals surface area contributed by atoms with Gasteiger partial charge in [0.2, 0.25) is 0 Å². The zero-order chi connectivity index (χ0) is 12.5. The highest BCUT2D eigenvalue weighted by molar-refractivity contribution is 7.09. The van der Waals surface area contributed by atoms with E-state index >= 15 is 0 Å². The molecule has 1 aliphatic rings. The average molecular weight is 258 g/mol. The van der Waals surface area contributed by atoms with E-state index in [0.29, 0.717) is 6.04 Å². The first kappa shape index (κ1) is 11.7. The summed E-state index contributed by atoms with van der Waals surface area (Å²) < 4.78 is 0. The zero-order valence-corrected chi connectivity index (χ0v) is 11.6. The Morgan fingerprint density at radius 3 is 2.56 bits per heavy atom. The van der Waals surface area contributed by atoms with Crippen LogP contribution in [0.5, 0.6) is 0 Å². The van der Waals surface area contributed by atoms with E-state index in [1.807, 2.05) is 6.92 Å². The van der Waals surface area contributed by atoms with Gasteiger partial charge in [-0.15, -0.1) is 11.3 Å². The molecule has 94 valence electrons. The van der Waals surface area contributed by atoms with Crippen molar-refractivity contribution < 1.29 is 0 Å². The lowest BCUT2D eigenvalue weighted by molar-refractivity contribution is 0.694. The van der Waals surface area contributed by atoms with Crippen molar-refractivity contribution in [3.05, 3.63) is 34.7 Å². The van der Waals surface area contributed by atoms with E-state index in [1.54, 1.807) is 11.3 Å². The molecule has 0 radical (unpaired) electrons. The van der Waals surface area contributed by atoms with Gasteiger partial charge in [0.1, 0.15) is 0 Å². The maximum atomic E-state index is 4.51. The number of anilines is 1. The SMILES string of the molecule is Cc1nc(-c2ccc(NC(C)C3CC3)cc2)cs1. The van der Waals surface area contributed by atoms with Gasteiger partial charge >= 0.3 is 0 Å². The molecule has 1 fully saturated rings. The Hall–Kier alpha value is -1.35. The molecule has 1 saturated carbocycles. The first-order chi connectivity index (χ1) is 8.72. The van der Waals surface area contributed by atoms with Crippen LogP contribution < -0.4 is 5.32 Å². The van der Waals surface area contributed by atoms with Gasteiger partial charge in [0.15, 0.2) is 0 Å². The minimum absolute atomic E-state index is 0.595. The predicted molar refractivity (Wildman–Crippen MR) is 78.1 cm³/mol. The Morgan fingerprint density at radius 1 is 1.28 bits per heavy atom. The van der Waals surface area contributed by atoms with Crippen molar-refractivity contribution in [3.63, 3.8) is 0 Å². The van der Waals surface area contributed by atoms with E-state index in [0.717, 1.165) is 16.6 Å². The van der Waals surface area contributed by atoms with Crippen LogP contribution in [0.2, 0.25) is 0 Å². The number of nitrogens with one attached hydrogen (secondary N) is 1. The molecule has 2 aromatic rings. The molecule has 3 heteroatoms. The van der Waals surface area contributed by atoms with Crippen LogP contribution in [0.3, 0.4) is 0 Å². The predicted octanol–water partition coefficient (Wildman–Crippen LogP) is 4.33. The molecule has 1 heterocycles. The first-order valence-electron chi connectivity index (χ1n) is 6.51. The van der Waals surface area contributed by atoms with Crippen molar-refractivity contribution in [2.24, 2.45) is 5.92 Å². The Bertz CT molecular complexity index is 526. The van der Waals surface area contributed by atoms with Crippen LogP contribution in [-0.4, -0.2) is 11.0 Å². The van der Waals surface area contributed by atoms with Crippen LogP contribution in [0.15, 0.2) is 29.6 Å². The van der Waals surface area contributed by atoms with E-state index in [2.05, 4.69) is 46.9 Å². The number of aryl methyl sites for hydroxylation is 1. The fourth-order valence-corrected chi connectivity index (χ4v) is 2.83. The highest BCUT2D eigenvalue weighted by Gasteiger charge is 2.27. The highest BCUT2D eigenvalue weighted by atomic mass is 32.1. The molecule has 1 aromatic heterocycles. The molecule has 0 aliphatic heterocycles. The fourth-order valence-electron chi connectivity index (χ4n) is 2.21. The van der Waals surface area contributed by atoms with E-state index in [-0.39, 0.29) is 0 Å². The zero-order valence-electron chi connectivity index (χ0n) is 10.8. The standard InChI is InChI=1S/C15H18N2S/c1-10(12-3-4-12)16-14-7-5-13(6-8-14)15-9-18-11(2)17-15/h5-10,12,16H,3-4H2,1-2H3. The van der Waals surface area contributed by atoms with Gasteiger partial charge in [-0.1, -0.05) is 12.1 Å². The van der Waals surface area contributed by atoms with Gasteiger partial charge in [0.25, 0.3) is 0 Å². The van der Waals surface area contributed by atoms with Crippen LogP contribution in [-0.2, 0) is 0 Å². The first-order valence-corrected chi connectivity index (χ1v) is 7.39. The Kier molecular flexibility index (Phi) is 3.08. The molecule has 0 spiro atoms. The summed E-state index contributed by atoms with van der Waals surface area (Å²) in [6, 6.07) is 9.20. The largest absolute Gasteiger partial charge is 0.382 e. The summed E-state index contributed by atoms with van der Waals surface area (Å²) in [6.07, 6.45) is 2.76. The van der Waals surface area contributed by atoms with Crippen LogP contribution in [0, 0.1) is 12.8 Å². The maximum absolute atomic E-state index is 4.51. The second-order valence-electron chi connectivity index (χ2n) is 5.10. The second kappa shape index (κ2) is 4.73. The van der Waals surface area contributed by atoms with Gasteiger partial charge in [0, 0.05) is 22.7 Å². The molecule has 2 nitrogen and oxygen atoms in total. The van der Waals surface area contributed by atoms with Crippen molar-refractivity contribution >= 4 is 17.0 Å². The highest BCUT2D eigenvalue weighted by Crippen LogP contribution is 2.34. The summed E-state index contributed by atoms with van der Waals surface area (Å²) in [7, 11) is 0. The van der Waals surface area contributed by atoms with Crippen molar-refractivity contribution in [2.45, 2.75) is 32.7 Å². The minimum atomic E-state index is 0.595. The molecule has 1 atom stereocenters. The third kappa shape index (κ3) is 2.56. The van der Waals surface area contributed by atoms with Crippen LogP contribution in [0.4, 0.5) is 5.69 Å². The molecule has 18 heavy (non-hydrogen) atoms. The summed E-state index contributed by atoms with van der Waals surface area (Å²) in [4.78, 5) is 4.51.